The lowest BCUT2D eigenvalue weighted by Gasteiger charge is -2.32. The molecular weight excluding hydrogens is 344 g/mol. The zero-order valence-electron chi connectivity index (χ0n) is 14.9. The summed E-state index contributed by atoms with van der Waals surface area (Å²) >= 11 is 0. The summed E-state index contributed by atoms with van der Waals surface area (Å²) in [7, 11) is 0. The van der Waals surface area contributed by atoms with Gasteiger partial charge in [0, 0.05) is 31.4 Å². The van der Waals surface area contributed by atoms with Crippen LogP contribution in [0.4, 0.5) is 5.82 Å². The molecule has 2 unspecified atom stereocenters. The van der Waals surface area contributed by atoms with E-state index in [0.717, 1.165) is 42.9 Å². The van der Waals surface area contributed by atoms with Crippen molar-refractivity contribution in [2.75, 3.05) is 18.0 Å². The lowest BCUT2D eigenvalue weighted by atomic mass is 9.95. The summed E-state index contributed by atoms with van der Waals surface area (Å²) in [6, 6.07) is 7.27. The number of aromatic nitrogens is 2. The number of aliphatic carboxylic acids is 1. The summed E-state index contributed by atoms with van der Waals surface area (Å²) in [5.74, 6) is -0.597. The van der Waals surface area contributed by atoms with Crippen molar-refractivity contribution in [2.24, 2.45) is 5.92 Å². The monoisotopic (exact) mass is 366 g/mol. The van der Waals surface area contributed by atoms with Gasteiger partial charge in [-0.15, -0.1) is 0 Å². The number of piperidine rings is 1. The summed E-state index contributed by atoms with van der Waals surface area (Å²) in [6.07, 6.45) is 6.97. The summed E-state index contributed by atoms with van der Waals surface area (Å²) in [4.78, 5) is 34.9. The number of amides is 1. The summed E-state index contributed by atoms with van der Waals surface area (Å²) in [6.45, 7) is 1.52. The predicted octanol–water partition coefficient (Wildman–Crippen LogP) is 2.12. The molecule has 27 heavy (non-hydrogen) atoms. The minimum Gasteiger partial charge on any atom is -0.481 e. The van der Waals surface area contributed by atoms with E-state index in [2.05, 4.69) is 20.2 Å². The Kier molecular flexibility index (Phi) is 4.75. The first-order chi connectivity index (χ1) is 13.1. The molecule has 140 valence electrons. The molecule has 1 amide bonds. The van der Waals surface area contributed by atoms with E-state index in [0.29, 0.717) is 6.42 Å². The van der Waals surface area contributed by atoms with Crippen molar-refractivity contribution in [1.82, 2.24) is 15.3 Å². The van der Waals surface area contributed by atoms with E-state index >= 15 is 0 Å². The van der Waals surface area contributed by atoms with Crippen molar-refractivity contribution < 1.29 is 14.7 Å². The van der Waals surface area contributed by atoms with Gasteiger partial charge in [0.2, 0.25) is 5.91 Å². The van der Waals surface area contributed by atoms with E-state index in [1.54, 1.807) is 18.6 Å². The van der Waals surface area contributed by atoms with Crippen LogP contribution in [0.5, 0.6) is 0 Å². The molecule has 0 spiro atoms. The minimum atomic E-state index is -0.837. The van der Waals surface area contributed by atoms with Crippen LogP contribution in [0.3, 0.4) is 0 Å². The van der Waals surface area contributed by atoms with Crippen LogP contribution in [-0.4, -0.2) is 40.0 Å². The van der Waals surface area contributed by atoms with E-state index in [4.69, 9.17) is 0 Å². The first kappa shape index (κ1) is 17.5. The normalized spacial score (nSPS) is 22.3. The Morgan fingerprint density at radius 3 is 2.52 bits per heavy atom. The van der Waals surface area contributed by atoms with Gasteiger partial charge in [0.25, 0.3) is 0 Å². The van der Waals surface area contributed by atoms with Gasteiger partial charge in [-0.3, -0.25) is 14.6 Å². The summed E-state index contributed by atoms with van der Waals surface area (Å²) in [5.41, 5.74) is 1.74. The van der Waals surface area contributed by atoms with Gasteiger partial charge < -0.3 is 15.3 Å². The van der Waals surface area contributed by atoms with Gasteiger partial charge in [-0.25, -0.2) is 4.98 Å². The van der Waals surface area contributed by atoms with E-state index in [1.807, 2.05) is 24.3 Å². The molecule has 1 saturated heterocycles. The van der Waals surface area contributed by atoms with Crippen molar-refractivity contribution in [2.45, 2.75) is 31.2 Å². The highest BCUT2D eigenvalue weighted by atomic mass is 16.4. The van der Waals surface area contributed by atoms with Crippen molar-refractivity contribution in [3.8, 4) is 0 Å². The number of carbonyl (C=O) groups is 2. The van der Waals surface area contributed by atoms with Crippen LogP contribution < -0.4 is 10.2 Å². The van der Waals surface area contributed by atoms with Gasteiger partial charge in [-0.1, -0.05) is 24.3 Å². The Hall–Kier alpha value is -2.96. The molecular formula is C20H22N4O3. The average Bonchev–Trinajstić information content (AvgIpc) is 3.08. The Balaban J connectivity index is 1.38. The molecule has 1 aliphatic carbocycles. The first-order valence-corrected chi connectivity index (χ1v) is 9.26. The quantitative estimate of drug-likeness (QED) is 0.861. The largest absolute Gasteiger partial charge is 0.481 e. The number of fused-ring (bicyclic) bond motifs is 1. The van der Waals surface area contributed by atoms with Crippen molar-refractivity contribution in [1.29, 1.82) is 0 Å². The molecule has 1 aromatic carbocycles. The van der Waals surface area contributed by atoms with Crippen LogP contribution in [0, 0.1) is 5.92 Å². The second-order valence-electron chi connectivity index (χ2n) is 7.14. The molecule has 2 N–H and O–H groups in total. The third-order valence-electron chi connectivity index (χ3n) is 5.57. The second-order valence-corrected chi connectivity index (χ2v) is 7.14. The number of benzene rings is 1. The number of carboxylic acids is 1. The van der Waals surface area contributed by atoms with E-state index in [9.17, 15) is 14.7 Å². The van der Waals surface area contributed by atoms with Crippen LogP contribution in [0.2, 0.25) is 0 Å². The molecule has 1 fully saturated rings. The molecule has 0 saturated carbocycles. The molecule has 4 rings (SSSR count). The molecule has 2 heterocycles. The Morgan fingerprint density at radius 1 is 1.11 bits per heavy atom. The van der Waals surface area contributed by atoms with Crippen LogP contribution in [-0.2, 0) is 9.59 Å². The highest BCUT2D eigenvalue weighted by Gasteiger charge is 2.37. The van der Waals surface area contributed by atoms with Crippen molar-refractivity contribution in [3.63, 3.8) is 0 Å². The van der Waals surface area contributed by atoms with E-state index < -0.39 is 11.9 Å². The Bertz CT molecular complexity index is 834. The fraction of sp³-hybridized carbons (Fsp3) is 0.400. The first-order valence-electron chi connectivity index (χ1n) is 9.26. The molecule has 0 radical (unpaired) electrons. The van der Waals surface area contributed by atoms with Gasteiger partial charge in [-0.05, 0) is 30.4 Å². The number of nitrogens with one attached hydrogen (secondary N) is 1. The van der Waals surface area contributed by atoms with Crippen LogP contribution in [0.1, 0.15) is 42.3 Å². The zero-order chi connectivity index (χ0) is 18.8. The molecule has 2 atom stereocenters. The van der Waals surface area contributed by atoms with Gasteiger partial charge in [0.15, 0.2) is 0 Å². The highest BCUT2D eigenvalue weighted by molar-refractivity contribution is 5.82. The van der Waals surface area contributed by atoms with Gasteiger partial charge in [0.05, 0.1) is 18.2 Å². The Labute approximate surface area is 157 Å². The standard InChI is InChI=1S/C20H22N4O3/c25-19(13-5-9-24(10-6-13)18-12-21-7-8-22-18)23-17-11-16(20(26)27)14-3-1-2-4-15(14)17/h1-4,7-8,12-13,16-17H,5-6,9-11H2,(H,23,25)(H,26,27). The maximum absolute atomic E-state index is 12.8. The minimum absolute atomic E-state index is 0.0136. The fourth-order valence-electron chi connectivity index (χ4n) is 4.12. The molecule has 7 nitrogen and oxygen atoms in total. The molecule has 0 bridgehead atoms. The Morgan fingerprint density at radius 2 is 1.85 bits per heavy atom. The smallest absolute Gasteiger partial charge is 0.311 e. The van der Waals surface area contributed by atoms with Gasteiger partial charge in [-0.2, -0.15) is 0 Å². The summed E-state index contributed by atoms with van der Waals surface area (Å²) < 4.78 is 0. The number of carbonyl (C=O) groups excluding carboxylic acids is 1. The van der Waals surface area contributed by atoms with Gasteiger partial charge in [0.1, 0.15) is 5.82 Å². The lowest BCUT2D eigenvalue weighted by molar-refractivity contribution is -0.139. The second kappa shape index (κ2) is 7.34. The number of anilines is 1. The van der Waals surface area contributed by atoms with Crippen molar-refractivity contribution >= 4 is 17.7 Å². The number of hydrogen-bond donors (Lipinski definition) is 2. The highest BCUT2D eigenvalue weighted by Crippen LogP contribution is 2.40. The summed E-state index contributed by atoms with van der Waals surface area (Å²) in [5, 5.41) is 12.6. The molecule has 1 aliphatic heterocycles. The predicted molar refractivity (Wildman–Crippen MR) is 99.3 cm³/mol. The molecule has 2 aliphatic rings. The zero-order valence-corrected chi connectivity index (χ0v) is 14.9. The topological polar surface area (TPSA) is 95.4 Å². The lowest BCUT2D eigenvalue weighted by Crippen LogP contribution is -2.41. The maximum Gasteiger partial charge on any atom is 0.311 e. The molecule has 7 heteroatoms. The fourth-order valence-corrected chi connectivity index (χ4v) is 4.12. The molecule has 2 aromatic rings. The maximum atomic E-state index is 12.8. The number of rotatable bonds is 4. The number of hydrogen-bond acceptors (Lipinski definition) is 5. The average molecular weight is 366 g/mol. The van der Waals surface area contributed by atoms with Crippen LogP contribution >= 0.6 is 0 Å². The van der Waals surface area contributed by atoms with Crippen molar-refractivity contribution in [3.05, 3.63) is 54.0 Å². The number of carboxylic acid groups (broad SMARTS) is 1. The molecule has 1 aromatic heterocycles. The number of nitrogens with zero attached hydrogens (tertiary/aromatic N) is 3. The van der Waals surface area contributed by atoms with E-state index in [-0.39, 0.29) is 17.9 Å². The van der Waals surface area contributed by atoms with Gasteiger partial charge >= 0.3 is 5.97 Å². The van der Waals surface area contributed by atoms with Crippen LogP contribution in [0.15, 0.2) is 42.9 Å². The third-order valence-corrected chi connectivity index (χ3v) is 5.57. The third kappa shape index (κ3) is 3.49. The SMILES string of the molecule is O=C(NC1CC(C(=O)O)c2ccccc21)C1CCN(c2cnccn2)CC1. The van der Waals surface area contributed by atoms with Crippen LogP contribution in [0.25, 0.3) is 0 Å². The van der Waals surface area contributed by atoms with E-state index in [1.165, 1.54) is 0 Å².